The third kappa shape index (κ3) is 3.41. The summed E-state index contributed by atoms with van der Waals surface area (Å²) in [6.07, 6.45) is 3.24. The molecule has 25 heavy (non-hydrogen) atoms. The summed E-state index contributed by atoms with van der Waals surface area (Å²) < 4.78 is 27.3. The van der Waals surface area contributed by atoms with E-state index >= 15 is 0 Å². The molecule has 2 amide bonds. The van der Waals surface area contributed by atoms with Crippen LogP contribution in [-0.2, 0) is 15.0 Å². The fourth-order valence-corrected chi connectivity index (χ4v) is 3.78. The predicted molar refractivity (Wildman–Crippen MR) is 88.9 cm³/mol. The van der Waals surface area contributed by atoms with Crippen molar-refractivity contribution in [3.63, 3.8) is 0 Å². The average Bonchev–Trinajstić information content (AvgIpc) is 3.16. The van der Waals surface area contributed by atoms with Crippen LogP contribution in [0.15, 0.2) is 23.3 Å². The number of carbonyl (C=O) groups is 2. The van der Waals surface area contributed by atoms with Gasteiger partial charge in [-0.2, -0.15) is 5.10 Å². The van der Waals surface area contributed by atoms with E-state index in [1.54, 1.807) is 6.92 Å². The monoisotopic (exact) mass is 349 g/mol. The largest absolute Gasteiger partial charge is 0.355 e. The molecule has 5 nitrogen and oxygen atoms in total. The Labute approximate surface area is 144 Å². The topological polar surface area (TPSA) is 70.6 Å². The number of benzene rings is 1. The summed E-state index contributed by atoms with van der Waals surface area (Å²) in [5, 5.41) is 6.73. The maximum absolute atomic E-state index is 13.6. The van der Waals surface area contributed by atoms with Crippen LogP contribution in [0.1, 0.15) is 44.6 Å². The highest BCUT2D eigenvalue weighted by Crippen LogP contribution is 2.41. The van der Waals surface area contributed by atoms with Crippen LogP contribution in [-0.4, -0.2) is 24.1 Å². The van der Waals surface area contributed by atoms with Crippen molar-refractivity contribution in [2.75, 3.05) is 6.54 Å². The van der Waals surface area contributed by atoms with Crippen LogP contribution in [0, 0.1) is 17.6 Å². The number of nitrogens with one attached hydrogen (secondary N) is 2. The van der Waals surface area contributed by atoms with E-state index < -0.39 is 17.0 Å². The van der Waals surface area contributed by atoms with Gasteiger partial charge in [0.15, 0.2) is 0 Å². The highest BCUT2D eigenvalue weighted by atomic mass is 19.1. The number of hydrazone groups is 1. The van der Waals surface area contributed by atoms with Crippen LogP contribution >= 0.6 is 0 Å². The molecule has 2 N–H and O–H groups in total. The minimum Gasteiger partial charge on any atom is -0.355 e. The molecule has 2 aliphatic rings. The maximum atomic E-state index is 13.6. The summed E-state index contributed by atoms with van der Waals surface area (Å²) >= 11 is 0. The van der Waals surface area contributed by atoms with Gasteiger partial charge >= 0.3 is 0 Å². The Morgan fingerprint density at radius 3 is 2.48 bits per heavy atom. The number of carbonyl (C=O) groups excluding carboxylic acids is 2. The molecule has 1 atom stereocenters. The number of rotatable bonds is 5. The van der Waals surface area contributed by atoms with Crippen molar-refractivity contribution >= 4 is 17.5 Å². The van der Waals surface area contributed by atoms with Gasteiger partial charge in [-0.25, -0.2) is 14.2 Å². The van der Waals surface area contributed by atoms with Crippen LogP contribution in [0.4, 0.5) is 8.78 Å². The molecule has 1 aliphatic carbocycles. The summed E-state index contributed by atoms with van der Waals surface area (Å²) in [6, 6.07) is 3.30. The number of halogens is 2. The Morgan fingerprint density at radius 2 is 1.92 bits per heavy atom. The zero-order valence-electron chi connectivity index (χ0n) is 14.1. The van der Waals surface area contributed by atoms with E-state index in [0.717, 1.165) is 18.9 Å². The highest BCUT2D eigenvalue weighted by molar-refractivity contribution is 6.06. The molecule has 134 valence electrons. The normalized spacial score (nSPS) is 21.8. The summed E-state index contributed by atoms with van der Waals surface area (Å²) in [5.74, 6) is -2.10. The van der Waals surface area contributed by atoms with Gasteiger partial charge in [-0.15, -0.1) is 0 Å². The highest BCUT2D eigenvalue weighted by Gasteiger charge is 2.43. The molecule has 1 aromatic rings. The van der Waals surface area contributed by atoms with Crippen LogP contribution in [0.5, 0.6) is 0 Å². The van der Waals surface area contributed by atoms with Gasteiger partial charge in [-0.3, -0.25) is 9.59 Å². The number of hydrogen-bond donors (Lipinski definition) is 2. The Morgan fingerprint density at radius 1 is 1.28 bits per heavy atom. The molecule has 1 aliphatic heterocycles. The first-order chi connectivity index (χ1) is 11.9. The number of amides is 2. The zero-order valence-corrected chi connectivity index (χ0v) is 14.1. The molecule has 1 aromatic carbocycles. The third-order valence-corrected chi connectivity index (χ3v) is 5.19. The van der Waals surface area contributed by atoms with Gasteiger partial charge in [0.05, 0.1) is 11.3 Å². The second-order valence-corrected chi connectivity index (χ2v) is 6.77. The first-order valence-electron chi connectivity index (χ1n) is 8.51. The van der Waals surface area contributed by atoms with Crippen molar-refractivity contribution in [2.45, 2.75) is 44.4 Å². The fourth-order valence-electron chi connectivity index (χ4n) is 3.78. The molecule has 1 fully saturated rings. The molecule has 0 radical (unpaired) electrons. The van der Waals surface area contributed by atoms with E-state index in [0.29, 0.717) is 37.1 Å². The van der Waals surface area contributed by atoms with E-state index in [4.69, 9.17) is 0 Å². The van der Waals surface area contributed by atoms with Gasteiger partial charge in [0.2, 0.25) is 11.8 Å². The lowest BCUT2D eigenvalue weighted by Gasteiger charge is -2.28. The van der Waals surface area contributed by atoms with Crippen molar-refractivity contribution in [3.8, 4) is 0 Å². The van der Waals surface area contributed by atoms with E-state index in [-0.39, 0.29) is 17.7 Å². The van der Waals surface area contributed by atoms with E-state index in [9.17, 15) is 18.4 Å². The van der Waals surface area contributed by atoms with Crippen LogP contribution in [0.25, 0.3) is 0 Å². The second kappa shape index (κ2) is 6.90. The van der Waals surface area contributed by atoms with Crippen molar-refractivity contribution < 1.29 is 18.4 Å². The summed E-state index contributed by atoms with van der Waals surface area (Å²) in [6.45, 7) is 2.07. The minimum absolute atomic E-state index is 0.172. The summed E-state index contributed by atoms with van der Waals surface area (Å²) in [7, 11) is 0. The molecule has 1 heterocycles. The fraction of sp³-hybridized carbons (Fsp3) is 0.500. The van der Waals surface area contributed by atoms with Crippen molar-refractivity contribution in [2.24, 2.45) is 11.0 Å². The standard InChI is InChI=1S/C18H21F2N3O2/c1-11-15(16(24)23-22-11)4-7-21-17(25)18(5-2-3-6-18)12-8-13(19)10-14(20)9-12/h8-10,15H,2-7H2,1H3,(H,21,25)(H,23,24). The molecular weight excluding hydrogens is 328 g/mol. The average molecular weight is 349 g/mol. The molecule has 0 aromatic heterocycles. The first kappa shape index (κ1) is 17.5. The van der Waals surface area contributed by atoms with Crippen molar-refractivity contribution in [1.82, 2.24) is 10.7 Å². The van der Waals surface area contributed by atoms with Gasteiger partial charge in [-0.05, 0) is 43.9 Å². The molecule has 3 rings (SSSR count). The van der Waals surface area contributed by atoms with Crippen molar-refractivity contribution in [1.29, 1.82) is 0 Å². The lowest BCUT2D eigenvalue weighted by molar-refractivity contribution is -0.127. The number of hydrogen-bond acceptors (Lipinski definition) is 3. The molecular formula is C18H21F2N3O2. The third-order valence-electron chi connectivity index (χ3n) is 5.19. The molecule has 7 heteroatoms. The minimum atomic E-state index is -0.899. The smallest absolute Gasteiger partial charge is 0.248 e. The molecule has 1 unspecified atom stereocenters. The Balaban J connectivity index is 1.71. The summed E-state index contributed by atoms with van der Waals surface area (Å²) in [4.78, 5) is 24.5. The SMILES string of the molecule is CC1=NNC(=O)C1CCNC(=O)C1(c2cc(F)cc(F)c2)CCCC1. The van der Waals surface area contributed by atoms with Gasteiger partial charge in [0, 0.05) is 18.3 Å². The molecule has 1 saturated carbocycles. The maximum Gasteiger partial charge on any atom is 0.248 e. The van der Waals surface area contributed by atoms with Crippen molar-refractivity contribution in [3.05, 3.63) is 35.4 Å². The lowest BCUT2D eigenvalue weighted by Crippen LogP contribution is -2.43. The van der Waals surface area contributed by atoms with Gasteiger partial charge in [0.1, 0.15) is 11.6 Å². The summed E-state index contributed by atoms with van der Waals surface area (Å²) in [5.41, 5.74) is 2.59. The Hall–Kier alpha value is -2.31. The lowest BCUT2D eigenvalue weighted by atomic mass is 9.77. The van der Waals surface area contributed by atoms with Crippen LogP contribution < -0.4 is 10.7 Å². The predicted octanol–water partition coefficient (Wildman–Crippen LogP) is 2.40. The van der Waals surface area contributed by atoms with Crippen LogP contribution in [0.2, 0.25) is 0 Å². The first-order valence-corrected chi connectivity index (χ1v) is 8.51. The van der Waals surface area contributed by atoms with E-state index in [1.165, 1.54) is 12.1 Å². The quantitative estimate of drug-likeness (QED) is 0.857. The Bertz CT molecular complexity index is 707. The Kier molecular flexibility index (Phi) is 4.83. The van der Waals surface area contributed by atoms with Gasteiger partial charge in [0.25, 0.3) is 0 Å². The number of nitrogens with zero attached hydrogens (tertiary/aromatic N) is 1. The van der Waals surface area contributed by atoms with Gasteiger partial charge < -0.3 is 5.32 Å². The van der Waals surface area contributed by atoms with E-state index in [1.807, 2.05) is 0 Å². The molecule has 0 bridgehead atoms. The van der Waals surface area contributed by atoms with Gasteiger partial charge in [-0.1, -0.05) is 12.8 Å². The zero-order chi connectivity index (χ0) is 18.0. The van der Waals surface area contributed by atoms with Crippen LogP contribution in [0.3, 0.4) is 0 Å². The molecule has 0 saturated heterocycles. The molecule has 0 spiro atoms. The van der Waals surface area contributed by atoms with E-state index in [2.05, 4.69) is 15.8 Å². The second-order valence-electron chi connectivity index (χ2n) is 6.77.